The van der Waals surface area contributed by atoms with Gasteiger partial charge in [0.05, 0.1) is 6.04 Å². The number of fused-ring (bicyclic) bond motifs is 1. The lowest BCUT2D eigenvalue weighted by atomic mass is 9.99. The Morgan fingerprint density at radius 3 is 2.52 bits per heavy atom. The second kappa shape index (κ2) is 6.89. The molecule has 0 fully saturated rings. The van der Waals surface area contributed by atoms with Crippen LogP contribution in [-0.2, 0) is 13.1 Å². The van der Waals surface area contributed by atoms with Crippen LogP contribution in [0.4, 0.5) is 0 Å². The zero-order valence-electron chi connectivity index (χ0n) is 15.2. The van der Waals surface area contributed by atoms with Gasteiger partial charge in [-0.15, -0.1) is 0 Å². The Balaban J connectivity index is 1.74. The van der Waals surface area contributed by atoms with Crippen LogP contribution in [0.5, 0.6) is 0 Å². The van der Waals surface area contributed by atoms with Crippen molar-refractivity contribution in [1.29, 1.82) is 0 Å². The third kappa shape index (κ3) is 3.40. The Bertz CT molecular complexity index is 845. The highest BCUT2D eigenvalue weighted by atomic mass is 15.2. The molecule has 1 unspecified atom stereocenters. The minimum absolute atomic E-state index is 0.318. The molecule has 0 saturated carbocycles. The highest BCUT2D eigenvalue weighted by Crippen LogP contribution is 2.33. The lowest BCUT2D eigenvalue weighted by Gasteiger charge is -2.31. The summed E-state index contributed by atoms with van der Waals surface area (Å²) in [6.45, 7) is 7.55. The van der Waals surface area contributed by atoms with Crippen LogP contribution < -0.4 is 0 Å². The fourth-order valence-corrected chi connectivity index (χ4v) is 3.96. The molecule has 3 aromatic rings. The van der Waals surface area contributed by atoms with Crippen LogP contribution in [0.15, 0.2) is 66.9 Å². The molecule has 0 spiro atoms. The molecule has 0 saturated heterocycles. The summed E-state index contributed by atoms with van der Waals surface area (Å²) in [5, 5.41) is 0. The van der Waals surface area contributed by atoms with E-state index in [-0.39, 0.29) is 0 Å². The van der Waals surface area contributed by atoms with E-state index in [4.69, 9.17) is 0 Å². The number of rotatable bonds is 3. The van der Waals surface area contributed by atoms with Crippen LogP contribution >= 0.6 is 0 Å². The predicted molar refractivity (Wildman–Crippen MR) is 104 cm³/mol. The Kier molecular flexibility index (Phi) is 4.46. The number of hydrogen-bond acceptors (Lipinski definition) is 1. The molecule has 0 N–H and O–H groups in total. The zero-order valence-corrected chi connectivity index (χ0v) is 15.2. The molecular weight excluding hydrogens is 304 g/mol. The van der Waals surface area contributed by atoms with Crippen molar-refractivity contribution in [3.8, 4) is 0 Å². The summed E-state index contributed by atoms with van der Waals surface area (Å²) < 4.78 is 2.43. The number of aromatic nitrogens is 1. The maximum Gasteiger partial charge on any atom is 0.0759 e. The first kappa shape index (κ1) is 16.2. The van der Waals surface area contributed by atoms with Crippen LogP contribution in [0, 0.1) is 13.8 Å². The number of hydrogen-bond donors (Lipinski definition) is 0. The van der Waals surface area contributed by atoms with E-state index in [0.29, 0.717) is 6.04 Å². The lowest BCUT2D eigenvalue weighted by molar-refractivity contribution is 0.220. The van der Waals surface area contributed by atoms with Crippen molar-refractivity contribution in [3.63, 3.8) is 0 Å². The van der Waals surface area contributed by atoms with Crippen LogP contribution in [-0.4, -0.2) is 16.0 Å². The predicted octanol–water partition coefficient (Wildman–Crippen LogP) is 5.10. The van der Waals surface area contributed by atoms with Gasteiger partial charge in [-0.1, -0.05) is 59.7 Å². The van der Waals surface area contributed by atoms with Crippen molar-refractivity contribution in [3.05, 3.63) is 94.8 Å². The van der Waals surface area contributed by atoms with E-state index in [0.717, 1.165) is 19.6 Å². The van der Waals surface area contributed by atoms with E-state index < -0.39 is 0 Å². The minimum Gasteiger partial charge on any atom is -0.350 e. The van der Waals surface area contributed by atoms with Crippen LogP contribution in [0.2, 0.25) is 0 Å². The van der Waals surface area contributed by atoms with Gasteiger partial charge in [0, 0.05) is 31.5 Å². The van der Waals surface area contributed by atoms with E-state index >= 15 is 0 Å². The van der Waals surface area contributed by atoms with Gasteiger partial charge < -0.3 is 4.57 Å². The SMILES string of the molecule is Cc1ccc(CN2CCCn3cccc3C2c2cccc(C)c2)cc1. The Labute approximate surface area is 150 Å². The molecule has 2 heteroatoms. The number of benzene rings is 2. The molecular formula is C23H26N2. The van der Waals surface area contributed by atoms with Crippen LogP contribution in [0.25, 0.3) is 0 Å². The normalized spacial score (nSPS) is 17.9. The van der Waals surface area contributed by atoms with E-state index in [1.165, 1.54) is 34.4 Å². The monoisotopic (exact) mass is 330 g/mol. The maximum atomic E-state index is 2.64. The first-order valence-corrected chi connectivity index (χ1v) is 9.22. The van der Waals surface area contributed by atoms with Crippen molar-refractivity contribution < 1.29 is 0 Å². The molecule has 1 atom stereocenters. The fraction of sp³-hybridized carbons (Fsp3) is 0.304. The molecule has 1 aliphatic heterocycles. The maximum absolute atomic E-state index is 2.64. The molecule has 2 nitrogen and oxygen atoms in total. The fourth-order valence-electron chi connectivity index (χ4n) is 3.96. The molecule has 0 amide bonds. The molecule has 0 bridgehead atoms. The van der Waals surface area contributed by atoms with Gasteiger partial charge in [0.15, 0.2) is 0 Å². The zero-order chi connectivity index (χ0) is 17.2. The van der Waals surface area contributed by atoms with Gasteiger partial charge in [-0.3, -0.25) is 4.90 Å². The van der Waals surface area contributed by atoms with Gasteiger partial charge >= 0.3 is 0 Å². The van der Waals surface area contributed by atoms with Gasteiger partial charge in [-0.25, -0.2) is 0 Å². The Hall–Kier alpha value is -2.32. The number of nitrogens with zero attached hydrogens (tertiary/aromatic N) is 2. The van der Waals surface area contributed by atoms with Gasteiger partial charge in [0.1, 0.15) is 0 Å². The highest BCUT2D eigenvalue weighted by Gasteiger charge is 2.27. The van der Waals surface area contributed by atoms with Crippen molar-refractivity contribution in [2.75, 3.05) is 6.54 Å². The van der Waals surface area contributed by atoms with Crippen molar-refractivity contribution in [1.82, 2.24) is 9.47 Å². The van der Waals surface area contributed by atoms with Crippen molar-refractivity contribution >= 4 is 0 Å². The molecule has 25 heavy (non-hydrogen) atoms. The molecule has 1 aliphatic rings. The minimum atomic E-state index is 0.318. The average Bonchev–Trinajstić information content (AvgIpc) is 2.98. The van der Waals surface area contributed by atoms with Crippen LogP contribution in [0.1, 0.15) is 40.4 Å². The summed E-state index contributed by atoms with van der Waals surface area (Å²) in [4.78, 5) is 2.64. The summed E-state index contributed by atoms with van der Waals surface area (Å²) in [5.74, 6) is 0. The molecule has 0 radical (unpaired) electrons. The number of aryl methyl sites for hydroxylation is 3. The summed E-state index contributed by atoms with van der Waals surface area (Å²) >= 11 is 0. The largest absolute Gasteiger partial charge is 0.350 e. The van der Waals surface area contributed by atoms with Gasteiger partial charge in [0.25, 0.3) is 0 Å². The van der Waals surface area contributed by atoms with Crippen molar-refractivity contribution in [2.45, 2.75) is 39.4 Å². The van der Waals surface area contributed by atoms with Gasteiger partial charge in [-0.2, -0.15) is 0 Å². The van der Waals surface area contributed by atoms with E-state index in [1.807, 2.05) is 0 Å². The molecule has 128 valence electrons. The highest BCUT2D eigenvalue weighted by molar-refractivity contribution is 5.33. The molecule has 4 rings (SSSR count). The van der Waals surface area contributed by atoms with Gasteiger partial charge in [0.2, 0.25) is 0 Å². The second-order valence-electron chi connectivity index (χ2n) is 7.25. The first-order valence-electron chi connectivity index (χ1n) is 9.22. The summed E-state index contributed by atoms with van der Waals surface area (Å²) in [6.07, 6.45) is 3.42. The molecule has 2 heterocycles. The van der Waals surface area contributed by atoms with Crippen molar-refractivity contribution in [2.24, 2.45) is 0 Å². The Morgan fingerprint density at radius 2 is 1.72 bits per heavy atom. The molecule has 0 aliphatic carbocycles. The quantitative estimate of drug-likeness (QED) is 0.648. The van der Waals surface area contributed by atoms with E-state index in [2.05, 4.69) is 90.2 Å². The lowest BCUT2D eigenvalue weighted by Crippen LogP contribution is -2.29. The van der Waals surface area contributed by atoms with E-state index in [1.54, 1.807) is 0 Å². The summed E-state index contributed by atoms with van der Waals surface area (Å²) in [6, 6.07) is 22.8. The van der Waals surface area contributed by atoms with Gasteiger partial charge in [-0.05, 0) is 43.5 Å². The molecule has 1 aromatic heterocycles. The first-order chi connectivity index (χ1) is 12.2. The Morgan fingerprint density at radius 1 is 0.880 bits per heavy atom. The standard InChI is InChI=1S/C23H26N2/c1-18-9-11-20(12-10-18)17-25-15-5-14-24-13-4-8-22(24)23(25)21-7-3-6-19(2)16-21/h3-4,6-13,16,23H,5,14-15,17H2,1-2H3. The molecule has 2 aromatic carbocycles. The smallest absolute Gasteiger partial charge is 0.0759 e. The third-order valence-corrected chi connectivity index (χ3v) is 5.22. The second-order valence-corrected chi connectivity index (χ2v) is 7.25. The average molecular weight is 330 g/mol. The third-order valence-electron chi connectivity index (χ3n) is 5.22. The van der Waals surface area contributed by atoms with E-state index in [9.17, 15) is 0 Å². The summed E-state index contributed by atoms with van der Waals surface area (Å²) in [5.41, 5.74) is 6.85. The van der Waals surface area contributed by atoms with Crippen LogP contribution in [0.3, 0.4) is 0 Å². The topological polar surface area (TPSA) is 8.17 Å². The summed E-state index contributed by atoms with van der Waals surface area (Å²) in [7, 11) is 0.